The molecule has 0 radical (unpaired) electrons. The van der Waals surface area contributed by atoms with E-state index >= 15 is 0 Å². The van der Waals surface area contributed by atoms with Crippen LogP contribution in [0.2, 0.25) is 0 Å². The number of thioether (sulfide) groups is 1. The normalized spacial score (nSPS) is 15.1. The molecule has 0 aliphatic heterocycles. The highest BCUT2D eigenvalue weighted by molar-refractivity contribution is 7.99. The maximum atomic E-state index is 12.8. The Morgan fingerprint density at radius 3 is 2.61 bits per heavy atom. The number of hydrogen-bond donors (Lipinski definition) is 2. The van der Waals surface area contributed by atoms with E-state index in [1.54, 1.807) is 18.7 Å². The molecule has 31 heavy (non-hydrogen) atoms. The predicted octanol–water partition coefficient (Wildman–Crippen LogP) is 5.05. The average Bonchev–Trinajstić information content (AvgIpc) is 3.06. The molecule has 3 rings (SSSR count). The summed E-state index contributed by atoms with van der Waals surface area (Å²) in [4.78, 5) is 39.6. The van der Waals surface area contributed by atoms with E-state index in [0.717, 1.165) is 41.0 Å². The van der Waals surface area contributed by atoms with Gasteiger partial charge >= 0.3 is 6.09 Å². The van der Waals surface area contributed by atoms with Gasteiger partial charge in [-0.3, -0.25) is 14.9 Å². The van der Waals surface area contributed by atoms with Gasteiger partial charge in [-0.15, -0.1) is 23.1 Å². The number of nitrogens with one attached hydrogen (secondary N) is 2. The van der Waals surface area contributed by atoms with Crippen molar-refractivity contribution in [2.24, 2.45) is 5.92 Å². The first-order valence-corrected chi connectivity index (χ1v) is 12.4. The lowest BCUT2D eigenvalue weighted by Gasteiger charge is -2.18. The minimum Gasteiger partial charge on any atom is -0.450 e. The summed E-state index contributed by atoms with van der Waals surface area (Å²) >= 11 is 3.19. The van der Waals surface area contributed by atoms with Gasteiger partial charge in [-0.05, 0) is 61.1 Å². The van der Waals surface area contributed by atoms with E-state index in [1.807, 2.05) is 24.3 Å². The molecule has 1 atom stereocenters. The average molecular weight is 461 g/mol. The highest BCUT2D eigenvalue weighted by Gasteiger charge is 2.29. The van der Waals surface area contributed by atoms with Crippen LogP contribution in [0.4, 0.5) is 9.80 Å². The summed E-state index contributed by atoms with van der Waals surface area (Å²) in [6.45, 7) is 6.14. The molecule has 2 aromatic rings. The van der Waals surface area contributed by atoms with E-state index in [1.165, 1.54) is 16.2 Å². The van der Waals surface area contributed by atoms with Crippen LogP contribution in [0, 0.1) is 5.92 Å². The van der Waals surface area contributed by atoms with Gasteiger partial charge in [0.15, 0.2) is 0 Å². The van der Waals surface area contributed by atoms with Crippen LogP contribution in [0.3, 0.4) is 0 Å². The minimum atomic E-state index is -0.779. The molecule has 1 heterocycles. The maximum Gasteiger partial charge on any atom is 0.414 e. The van der Waals surface area contributed by atoms with Crippen LogP contribution >= 0.6 is 23.1 Å². The molecule has 0 bridgehead atoms. The number of imide groups is 1. The van der Waals surface area contributed by atoms with E-state index in [9.17, 15) is 14.4 Å². The van der Waals surface area contributed by atoms with Crippen molar-refractivity contribution in [3.63, 3.8) is 0 Å². The predicted molar refractivity (Wildman–Crippen MR) is 125 cm³/mol. The number of carbonyl (C=O) groups excluding carboxylic acids is 3. The Hall–Kier alpha value is -2.32. The summed E-state index contributed by atoms with van der Waals surface area (Å²) in [6.07, 6.45) is 2.03. The van der Waals surface area contributed by atoms with Crippen LogP contribution in [-0.4, -0.2) is 30.3 Å². The van der Waals surface area contributed by atoms with Crippen LogP contribution < -0.4 is 10.6 Å². The minimum absolute atomic E-state index is 0.178. The van der Waals surface area contributed by atoms with Crippen molar-refractivity contribution in [3.05, 3.63) is 45.8 Å². The van der Waals surface area contributed by atoms with Gasteiger partial charge < -0.3 is 10.1 Å². The molecule has 8 heteroatoms. The lowest BCUT2D eigenvalue weighted by atomic mass is 9.88. The smallest absolute Gasteiger partial charge is 0.414 e. The number of alkyl carbamates (subject to hydrolysis) is 1. The second kappa shape index (κ2) is 10.8. The first-order valence-electron chi connectivity index (χ1n) is 10.5. The second-order valence-electron chi connectivity index (χ2n) is 7.53. The third-order valence-electron chi connectivity index (χ3n) is 5.08. The number of benzene rings is 1. The molecule has 1 aliphatic rings. The molecule has 166 valence electrons. The summed E-state index contributed by atoms with van der Waals surface area (Å²) in [5.74, 6) is 0.808. The van der Waals surface area contributed by atoms with Crippen LogP contribution in [0.25, 0.3) is 0 Å². The molecule has 0 fully saturated rings. The zero-order valence-electron chi connectivity index (χ0n) is 18.1. The molecular weight excluding hydrogens is 432 g/mol. The monoisotopic (exact) mass is 460 g/mol. The highest BCUT2D eigenvalue weighted by Crippen LogP contribution is 2.39. The van der Waals surface area contributed by atoms with Crippen molar-refractivity contribution < 1.29 is 19.1 Å². The van der Waals surface area contributed by atoms with Gasteiger partial charge in [0.2, 0.25) is 5.91 Å². The molecule has 1 unspecified atom stereocenters. The number of carbonyl (C=O) groups is 3. The zero-order chi connectivity index (χ0) is 22.4. The molecule has 1 aliphatic carbocycles. The number of ether oxygens (including phenoxy) is 1. The van der Waals surface area contributed by atoms with E-state index < -0.39 is 12.0 Å². The molecule has 1 aromatic carbocycles. The van der Waals surface area contributed by atoms with Gasteiger partial charge in [0.1, 0.15) is 5.00 Å². The van der Waals surface area contributed by atoms with Crippen LogP contribution in [0.15, 0.2) is 29.2 Å². The molecule has 6 nitrogen and oxygen atoms in total. The summed E-state index contributed by atoms with van der Waals surface area (Å²) < 4.78 is 4.84. The van der Waals surface area contributed by atoms with Crippen molar-refractivity contribution in [2.45, 2.75) is 51.3 Å². The summed E-state index contributed by atoms with van der Waals surface area (Å²) in [5, 5.41) is 5.70. The topological polar surface area (TPSA) is 84.5 Å². The van der Waals surface area contributed by atoms with E-state index in [4.69, 9.17) is 4.74 Å². The van der Waals surface area contributed by atoms with Gasteiger partial charge in [-0.25, -0.2) is 4.79 Å². The Morgan fingerprint density at radius 1 is 1.19 bits per heavy atom. The van der Waals surface area contributed by atoms with Crippen LogP contribution in [0.1, 0.15) is 53.6 Å². The maximum absolute atomic E-state index is 12.8. The fourth-order valence-electron chi connectivity index (χ4n) is 3.63. The van der Waals surface area contributed by atoms with Crippen molar-refractivity contribution in [1.82, 2.24) is 5.32 Å². The number of anilines is 1. The van der Waals surface area contributed by atoms with Gasteiger partial charge in [-0.2, -0.15) is 0 Å². The van der Waals surface area contributed by atoms with E-state index in [2.05, 4.69) is 24.5 Å². The Bertz CT molecular complexity index is 953. The molecule has 0 saturated heterocycles. The third kappa shape index (κ3) is 6.11. The molecule has 2 N–H and O–H groups in total. The molecule has 3 amide bonds. The first kappa shape index (κ1) is 23.3. The van der Waals surface area contributed by atoms with Crippen LogP contribution in [0.5, 0.6) is 0 Å². The quantitative estimate of drug-likeness (QED) is 0.565. The first-order chi connectivity index (χ1) is 14.9. The summed E-state index contributed by atoms with van der Waals surface area (Å²) in [6, 6.07) is 7.93. The second-order valence-corrected chi connectivity index (χ2v) is 9.97. The Morgan fingerprint density at radius 2 is 1.94 bits per heavy atom. The van der Waals surface area contributed by atoms with Gasteiger partial charge in [0.05, 0.1) is 18.6 Å². The van der Waals surface area contributed by atoms with Gasteiger partial charge in [0.25, 0.3) is 5.91 Å². The number of amides is 3. The Balaban J connectivity index is 1.78. The highest BCUT2D eigenvalue weighted by atomic mass is 32.2. The molecule has 0 spiro atoms. The summed E-state index contributed by atoms with van der Waals surface area (Å²) in [5.41, 5.74) is 2.23. The van der Waals surface area contributed by atoms with Crippen molar-refractivity contribution in [2.75, 3.05) is 17.7 Å². The Kier molecular flexibility index (Phi) is 8.15. The van der Waals surface area contributed by atoms with Crippen LogP contribution in [-0.2, 0) is 28.8 Å². The number of hydrogen-bond acceptors (Lipinski definition) is 6. The molecule has 1 aromatic heterocycles. The van der Waals surface area contributed by atoms with E-state index in [0.29, 0.717) is 16.5 Å². The largest absolute Gasteiger partial charge is 0.450 e. The fourth-order valence-corrected chi connectivity index (χ4v) is 5.71. The fraction of sp³-hybridized carbons (Fsp3) is 0.435. The third-order valence-corrected chi connectivity index (χ3v) is 7.15. The molecule has 0 saturated carbocycles. The van der Waals surface area contributed by atoms with Crippen molar-refractivity contribution >= 4 is 46.0 Å². The molecular formula is C23H28N2O4S2. The van der Waals surface area contributed by atoms with Gasteiger partial charge in [0, 0.05) is 9.77 Å². The number of fused-ring (bicyclic) bond motifs is 1. The zero-order valence-corrected chi connectivity index (χ0v) is 19.7. The summed E-state index contributed by atoms with van der Waals surface area (Å²) in [7, 11) is 0. The SMILES string of the molecule is CCOC(=O)NC(=O)c1c(NC(=O)Cc2ccc(SCC)cc2)sc2c1CCC(C)C2. The van der Waals surface area contributed by atoms with Gasteiger partial charge in [-0.1, -0.05) is 26.0 Å². The standard InChI is InChI=1S/C23H28N2O4S2/c1-4-29-23(28)25-21(27)20-17-11-6-14(3)12-18(17)31-22(20)24-19(26)13-15-7-9-16(10-8-15)30-5-2/h7-10,14H,4-6,11-13H2,1-3H3,(H,24,26)(H,25,27,28). The lowest BCUT2D eigenvalue weighted by molar-refractivity contribution is -0.115. The number of rotatable bonds is 7. The van der Waals surface area contributed by atoms with Crippen molar-refractivity contribution in [1.29, 1.82) is 0 Å². The Labute approximate surface area is 191 Å². The lowest BCUT2D eigenvalue weighted by Crippen LogP contribution is -2.32. The van der Waals surface area contributed by atoms with E-state index in [-0.39, 0.29) is 18.9 Å². The number of thiophene rings is 1. The van der Waals surface area contributed by atoms with Crippen molar-refractivity contribution in [3.8, 4) is 0 Å².